The van der Waals surface area contributed by atoms with Gasteiger partial charge in [0.2, 0.25) is 0 Å². The molecule has 0 saturated carbocycles. The van der Waals surface area contributed by atoms with E-state index in [1.54, 1.807) is 31.2 Å². The van der Waals surface area contributed by atoms with Crippen LogP contribution in [0, 0.1) is 17.0 Å². The van der Waals surface area contributed by atoms with Gasteiger partial charge in [-0.25, -0.2) is 0 Å². The van der Waals surface area contributed by atoms with Crippen molar-refractivity contribution in [2.45, 2.75) is 6.92 Å². The van der Waals surface area contributed by atoms with Crippen molar-refractivity contribution in [1.82, 2.24) is 0 Å². The summed E-state index contributed by atoms with van der Waals surface area (Å²) in [5.41, 5.74) is 1.03. The third-order valence-corrected chi connectivity index (χ3v) is 3.30. The van der Waals surface area contributed by atoms with Gasteiger partial charge in [-0.15, -0.1) is 0 Å². The summed E-state index contributed by atoms with van der Waals surface area (Å²) >= 11 is 5.88. The molecule has 0 radical (unpaired) electrons. The number of nitrogens with one attached hydrogen (secondary N) is 1. The average Bonchev–Trinajstić information content (AvgIpc) is 2.48. The zero-order chi connectivity index (χ0) is 16.3. The van der Waals surface area contributed by atoms with Crippen molar-refractivity contribution in [2.75, 3.05) is 12.4 Å². The number of ether oxygens (including phenoxy) is 1. The SMILES string of the molecule is COc1ccc(Cl)cc1C(=O)Nc1ccc(C)c([N+](=O)[O-])c1. The number of nitro groups is 1. The Hall–Kier alpha value is -2.60. The number of aryl methyl sites for hydroxylation is 1. The second-order valence-electron chi connectivity index (χ2n) is 4.56. The van der Waals surface area contributed by atoms with Crippen LogP contribution < -0.4 is 10.1 Å². The van der Waals surface area contributed by atoms with Gasteiger partial charge in [-0.3, -0.25) is 14.9 Å². The lowest BCUT2D eigenvalue weighted by molar-refractivity contribution is -0.385. The summed E-state index contributed by atoms with van der Waals surface area (Å²) in [4.78, 5) is 22.7. The molecule has 0 unspecified atom stereocenters. The molecule has 0 aromatic heterocycles. The number of carbonyl (C=O) groups excluding carboxylic acids is 1. The molecule has 7 heteroatoms. The largest absolute Gasteiger partial charge is 0.496 e. The number of carbonyl (C=O) groups is 1. The van der Waals surface area contributed by atoms with Crippen LogP contribution in [0.3, 0.4) is 0 Å². The summed E-state index contributed by atoms with van der Waals surface area (Å²) in [7, 11) is 1.44. The number of hydrogen-bond donors (Lipinski definition) is 1. The van der Waals surface area contributed by atoms with Gasteiger partial charge in [0.1, 0.15) is 5.75 Å². The predicted molar refractivity (Wildman–Crippen MR) is 83.8 cm³/mol. The number of anilines is 1. The van der Waals surface area contributed by atoms with E-state index in [1.807, 2.05) is 0 Å². The van der Waals surface area contributed by atoms with Crippen LogP contribution in [0.5, 0.6) is 5.75 Å². The van der Waals surface area contributed by atoms with Gasteiger partial charge in [0.05, 0.1) is 17.6 Å². The Morgan fingerprint density at radius 2 is 2.00 bits per heavy atom. The zero-order valence-electron chi connectivity index (χ0n) is 11.9. The van der Waals surface area contributed by atoms with Gasteiger partial charge in [0.15, 0.2) is 0 Å². The lowest BCUT2D eigenvalue weighted by atomic mass is 10.1. The highest BCUT2D eigenvalue weighted by Gasteiger charge is 2.16. The molecular weight excluding hydrogens is 308 g/mol. The van der Waals surface area contributed by atoms with Gasteiger partial charge in [0.25, 0.3) is 11.6 Å². The minimum absolute atomic E-state index is 0.0594. The molecule has 0 spiro atoms. The quantitative estimate of drug-likeness (QED) is 0.686. The van der Waals surface area contributed by atoms with Gasteiger partial charge < -0.3 is 10.1 Å². The maximum Gasteiger partial charge on any atom is 0.274 e. The van der Waals surface area contributed by atoms with Crippen LogP contribution in [-0.2, 0) is 0 Å². The number of rotatable bonds is 4. The first-order valence-electron chi connectivity index (χ1n) is 6.32. The Morgan fingerprint density at radius 1 is 1.27 bits per heavy atom. The number of amides is 1. The Bertz CT molecular complexity index is 746. The smallest absolute Gasteiger partial charge is 0.274 e. The number of benzene rings is 2. The third kappa shape index (κ3) is 3.35. The van der Waals surface area contributed by atoms with E-state index < -0.39 is 10.8 Å². The number of hydrogen-bond acceptors (Lipinski definition) is 4. The molecule has 0 atom stereocenters. The molecule has 1 N–H and O–H groups in total. The standard InChI is InChI=1S/C15H13ClN2O4/c1-9-3-5-11(8-13(9)18(20)21)17-15(19)12-7-10(16)4-6-14(12)22-2/h3-8H,1-2H3,(H,17,19). The molecule has 0 fully saturated rings. The van der Waals surface area contributed by atoms with Crippen molar-refractivity contribution in [3.63, 3.8) is 0 Å². The minimum Gasteiger partial charge on any atom is -0.496 e. The van der Waals surface area contributed by atoms with Gasteiger partial charge >= 0.3 is 0 Å². The Labute approximate surface area is 131 Å². The summed E-state index contributed by atoms with van der Waals surface area (Å²) in [6, 6.07) is 9.13. The highest BCUT2D eigenvalue weighted by Crippen LogP contribution is 2.26. The maximum atomic E-state index is 12.3. The van der Waals surface area contributed by atoms with Crippen LogP contribution in [0.25, 0.3) is 0 Å². The van der Waals surface area contributed by atoms with Crippen LogP contribution >= 0.6 is 11.6 Å². The first-order valence-corrected chi connectivity index (χ1v) is 6.70. The Kier molecular flexibility index (Phi) is 4.62. The number of methoxy groups -OCH3 is 1. The summed E-state index contributed by atoms with van der Waals surface area (Å²) in [6.45, 7) is 1.63. The van der Waals surface area contributed by atoms with Crippen molar-refractivity contribution in [3.8, 4) is 5.75 Å². The van der Waals surface area contributed by atoms with Crippen molar-refractivity contribution in [2.24, 2.45) is 0 Å². The molecule has 114 valence electrons. The summed E-state index contributed by atoms with van der Waals surface area (Å²) in [6.07, 6.45) is 0. The molecule has 0 heterocycles. The third-order valence-electron chi connectivity index (χ3n) is 3.07. The lowest BCUT2D eigenvalue weighted by Gasteiger charge is -2.10. The van der Waals surface area contributed by atoms with Crippen molar-refractivity contribution in [1.29, 1.82) is 0 Å². The van der Waals surface area contributed by atoms with Gasteiger partial charge in [0, 0.05) is 22.3 Å². The molecule has 0 saturated heterocycles. The summed E-state index contributed by atoms with van der Waals surface area (Å²) in [5.74, 6) is -0.0963. The van der Waals surface area contributed by atoms with E-state index in [4.69, 9.17) is 16.3 Å². The van der Waals surface area contributed by atoms with Crippen molar-refractivity contribution in [3.05, 3.63) is 62.7 Å². The molecular formula is C15H13ClN2O4. The van der Waals surface area contributed by atoms with Crippen LogP contribution in [0.15, 0.2) is 36.4 Å². The minimum atomic E-state index is -0.495. The van der Waals surface area contributed by atoms with Crippen molar-refractivity contribution >= 4 is 28.9 Å². The molecule has 0 aliphatic rings. The van der Waals surface area contributed by atoms with E-state index in [9.17, 15) is 14.9 Å². The fourth-order valence-electron chi connectivity index (χ4n) is 1.94. The molecule has 2 aromatic rings. The van der Waals surface area contributed by atoms with Gasteiger partial charge in [-0.2, -0.15) is 0 Å². The van der Waals surface area contributed by atoms with E-state index in [0.29, 0.717) is 22.0 Å². The maximum absolute atomic E-state index is 12.3. The average molecular weight is 321 g/mol. The number of nitrogens with zero attached hydrogens (tertiary/aromatic N) is 1. The topological polar surface area (TPSA) is 81.5 Å². The van der Waals surface area contributed by atoms with E-state index in [0.717, 1.165) is 0 Å². The van der Waals surface area contributed by atoms with Crippen LogP contribution in [-0.4, -0.2) is 17.9 Å². The van der Waals surface area contributed by atoms with Crippen LogP contribution in [0.4, 0.5) is 11.4 Å². The Morgan fingerprint density at radius 3 is 2.64 bits per heavy atom. The normalized spacial score (nSPS) is 10.1. The number of nitro benzene ring substituents is 1. The van der Waals surface area contributed by atoms with E-state index in [1.165, 1.54) is 19.2 Å². The fourth-order valence-corrected chi connectivity index (χ4v) is 2.11. The van der Waals surface area contributed by atoms with E-state index in [2.05, 4.69) is 5.32 Å². The highest BCUT2D eigenvalue weighted by atomic mass is 35.5. The molecule has 6 nitrogen and oxygen atoms in total. The summed E-state index contributed by atoms with van der Waals surface area (Å²) in [5, 5.41) is 13.9. The van der Waals surface area contributed by atoms with Crippen molar-refractivity contribution < 1.29 is 14.5 Å². The van der Waals surface area contributed by atoms with Gasteiger partial charge in [-0.05, 0) is 31.2 Å². The highest BCUT2D eigenvalue weighted by molar-refractivity contribution is 6.31. The first-order chi connectivity index (χ1) is 10.4. The second kappa shape index (κ2) is 6.44. The molecule has 0 aliphatic carbocycles. The van der Waals surface area contributed by atoms with Crippen LogP contribution in [0.2, 0.25) is 5.02 Å². The fraction of sp³-hybridized carbons (Fsp3) is 0.133. The zero-order valence-corrected chi connectivity index (χ0v) is 12.7. The van der Waals surface area contributed by atoms with Gasteiger partial charge in [-0.1, -0.05) is 17.7 Å². The Balaban J connectivity index is 2.31. The number of halogens is 1. The lowest BCUT2D eigenvalue weighted by Crippen LogP contribution is -2.13. The molecule has 2 aromatic carbocycles. The molecule has 22 heavy (non-hydrogen) atoms. The molecule has 0 bridgehead atoms. The summed E-state index contributed by atoms with van der Waals surface area (Å²) < 4.78 is 5.11. The first kappa shape index (κ1) is 15.8. The molecule has 1 amide bonds. The second-order valence-corrected chi connectivity index (χ2v) is 4.99. The van der Waals surface area contributed by atoms with Crippen LogP contribution in [0.1, 0.15) is 15.9 Å². The monoisotopic (exact) mass is 320 g/mol. The molecule has 2 rings (SSSR count). The van der Waals surface area contributed by atoms with E-state index >= 15 is 0 Å². The van der Waals surface area contributed by atoms with E-state index in [-0.39, 0.29) is 11.3 Å². The molecule has 0 aliphatic heterocycles. The predicted octanol–water partition coefficient (Wildman–Crippen LogP) is 3.82.